The molecule has 19 heavy (non-hydrogen) atoms. The highest BCUT2D eigenvalue weighted by Crippen LogP contribution is 2.25. The van der Waals surface area contributed by atoms with Gasteiger partial charge >= 0.3 is 5.97 Å². The fraction of sp³-hybridized carbons (Fsp3) is 0.545. The second-order valence-electron chi connectivity index (χ2n) is 4.12. The Morgan fingerprint density at radius 3 is 2.68 bits per heavy atom. The zero-order chi connectivity index (χ0) is 14.6. The second kappa shape index (κ2) is 6.47. The van der Waals surface area contributed by atoms with E-state index in [0.717, 1.165) is 11.3 Å². The van der Waals surface area contributed by atoms with Crippen molar-refractivity contribution < 1.29 is 23.1 Å². The number of nitrogens with zero attached hydrogens (tertiary/aromatic N) is 1. The van der Waals surface area contributed by atoms with Gasteiger partial charge in [-0.3, -0.25) is 4.79 Å². The van der Waals surface area contributed by atoms with Crippen molar-refractivity contribution in [1.82, 2.24) is 4.31 Å². The molecule has 6 nitrogen and oxygen atoms in total. The van der Waals surface area contributed by atoms with E-state index >= 15 is 0 Å². The molecule has 8 heteroatoms. The van der Waals surface area contributed by atoms with Gasteiger partial charge in [0.15, 0.2) is 0 Å². The number of sulfonamides is 1. The van der Waals surface area contributed by atoms with Crippen molar-refractivity contribution in [2.45, 2.75) is 23.6 Å². The highest BCUT2D eigenvalue weighted by atomic mass is 32.2. The van der Waals surface area contributed by atoms with E-state index in [2.05, 4.69) is 0 Å². The maximum atomic E-state index is 12.3. The van der Waals surface area contributed by atoms with E-state index in [-0.39, 0.29) is 16.7 Å². The van der Waals surface area contributed by atoms with Gasteiger partial charge in [0.25, 0.3) is 10.0 Å². The number of thiophene rings is 1. The molecule has 0 saturated heterocycles. The van der Waals surface area contributed by atoms with Crippen LogP contribution in [0, 0.1) is 0 Å². The molecule has 0 radical (unpaired) electrons. The summed E-state index contributed by atoms with van der Waals surface area (Å²) >= 11 is 0.981. The van der Waals surface area contributed by atoms with Crippen LogP contribution in [0.25, 0.3) is 0 Å². The number of carbonyl (C=O) groups is 1. The maximum absolute atomic E-state index is 12.3. The number of ether oxygens (including phenoxy) is 1. The van der Waals surface area contributed by atoms with Gasteiger partial charge in [-0.05, 0) is 19.1 Å². The predicted octanol–water partition coefficient (Wildman–Crippen LogP) is 1.03. The minimum Gasteiger partial charge on any atom is -0.481 e. The number of hydrogen-bond acceptors (Lipinski definition) is 5. The van der Waals surface area contributed by atoms with Crippen molar-refractivity contribution >= 4 is 27.3 Å². The van der Waals surface area contributed by atoms with Gasteiger partial charge in [0.2, 0.25) is 0 Å². The molecule has 1 N–H and O–H groups in total. The Bertz CT molecular complexity index is 537. The molecule has 1 aromatic rings. The first-order valence-electron chi connectivity index (χ1n) is 5.56. The van der Waals surface area contributed by atoms with Crippen LogP contribution in [-0.4, -0.2) is 50.6 Å². The van der Waals surface area contributed by atoms with E-state index < -0.39 is 16.0 Å². The first-order chi connectivity index (χ1) is 8.78. The minimum absolute atomic E-state index is 0.147. The van der Waals surface area contributed by atoms with Crippen molar-refractivity contribution in [3.05, 3.63) is 17.0 Å². The predicted molar refractivity (Wildman–Crippen MR) is 71.9 cm³/mol. The summed E-state index contributed by atoms with van der Waals surface area (Å²) in [5.74, 6) is -0.980. The van der Waals surface area contributed by atoms with Crippen LogP contribution >= 0.6 is 11.3 Å². The van der Waals surface area contributed by atoms with E-state index in [1.54, 1.807) is 6.92 Å². The molecule has 0 aliphatic heterocycles. The van der Waals surface area contributed by atoms with Crippen LogP contribution in [0.15, 0.2) is 16.3 Å². The summed E-state index contributed by atoms with van der Waals surface area (Å²) in [6.45, 7) is 2.04. The normalized spacial score (nSPS) is 13.7. The summed E-state index contributed by atoms with van der Waals surface area (Å²) in [6, 6.07) is 2.68. The van der Waals surface area contributed by atoms with Crippen molar-refractivity contribution in [2.24, 2.45) is 0 Å². The maximum Gasteiger partial charge on any atom is 0.308 e. The Balaban J connectivity index is 2.93. The SMILES string of the molecule is COCC(C)N(C)S(=O)(=O)c1ccc(CC(=O)O)s1. The number of hydrogen-bond donors (Lipinski definition) is 1. The molecule has 0 fully saturated rings. The molecular formula is C11H17NO5S2. The Hall–Kier alpha value is -0.960. The van der Waals surface area contributed by atoms with Crippen LogP contribution in [-0.2, 0) is 26.0 Å². The summed E-state index contributed by atoms with van der Waals surface area (Å²) in [7, 11) is -0.608. The largest absolute Gasteiger partial charge is 0.481 e. The standard InChI is InChI=1S/C11H17NO5S2/c1-8(7-17-3)12(2)19(15,16)11-5-4-9(18-11)6-10(13)14/h4-5,8H,6-7H2,1-3H3,(H,13,14). The zero-order valence-electron chi connectivity index (χ0n) is 11.0. The summed E-state index contributed by atoms with van der Waals surface area (Å²) < 4.78 is 30.9. The van der Waals surface area contributed by atoms with Crippen LogP contribution in [0.5, 0.6) is 0 Å². The Morgan fingerprint density at radius 1 is 1.53 bits per heavy atom. The van der Waals surface area contributed by atoms with Crippen molar-refractivity contribution in [1.29, 1.82) is 0 Å². The highest BCUT2D eigenvalue weighted by Gasteiger charge is 2.27. The third-order valence-electron chi connectivity index (χ3n) is 2.62. The number of carboxylic acid groups (broad SMARTS) is 1. The average molecular weight is 307 g/mol. The molecule has 0 bridgehead atoms. The fourth-order valence-electron chi connectivity index (χ4n) is 1.47. The summed E-state index contributed by atoms with van der Waals surface area (Å²) in [4.78, 5) is 11.1. The van der Waals surface area contributed by atoms with Gasteiger partial charge < -0.3 is 9.84 Å². The molecule has 0 saturated carbocycles. The fourth-order valence-corrected chi connectivity index (χ4v) is 4.35. The lowest BCUT2D eigenvalue weighted by atomic mass is 10.3. The zero-order valence-corrected chi connectivity index (χ0v) is 12.6. The lowest BCUT2D eigenvalue weighted by molar-refractivity contribution is -0.136. The number of carboxylic acids is 1. The molecular weight excluding hydrogens is 290 g/mol. The van der Waals surface area contributed by atoms with E-state index in [1.165, 1.54) is 30.6 Å². The van der Waals surface area contributed by atoms with Gasteiger partial charge in [-0.1, -0.05) is 0 Å². The lowest BCUT2D eigenvalue weighted by Gasteiger charge is -2.22. The smallest absolute Gasteiger partial charge is 0.308 e. The number of rotatable bonds is 7. The molecule has 1 unspecified atom stereocenters. The molecule has 0 aromatic carbocycles. The molecule has 0 aliphatic rings. The second-order valence-corrected chi connectivity index (χ2v) is 7.51. The molecule has 1 aromatic heterocycles. The van der Waals surface area contributed by atoms with E-state index in [1.807, 2.05) is 0 Å². The summed E-state index contributed by atoms with van der Waals surface area (Å²) in [5, 5.41) is 8.68. The Labute approximate surface area is 116 Å². The van der Waals surface area contributed by atoms with E-state index in [9.17, 15) is 13.2 Å². The minimum atomic E-state index is -3.60. The van der Waals surface area contributed by atoms with Gasteiger partial charge in [0.1, 0.15) is 4.21 Å². The molecule has 0 aliphatic carbocycles. The van der Waals surface area contributed by atoms with Gasteiger partial charge in [-0.25, -0.2) is 8.42 Å². The first kappa shape index (κ1) is 16.1. The first-order valence-corrected chi connectivity index (χ1v) is 7.82. The van der Waals surface area contributed by atoms with Gasteiger partial charge in [-0.15, -0.1) is 11.3 Å². The van der Waals surface area contributed by atoms with Crippen molar-refractivity contribution in [2.75, 3.05) is 20.8 Å². The van der Waals surface area contributed by atoms with Gasteiger partial charge in [-0.2, -0.15) is 4.31 Å². The number of methoxy groups -OCH3 is 1. The third kappa shape index (κ3) is 4.00. The number of aliphatic carboxylic acids is 1. The molecule has 108 valence electrons. The van der Waals surface area contributed by atoms with Crippen LogP contribution < -0.4 is 0 Å². The number of likely N-dealkylation sites (N-methyl/N-ethyl adjacent to an activating group) is 1. The molecule has 0 spiro atoms. The van der Waals surface area contributed by atoms with Crippen LogP contribution in [0.3, 0.4) is 0 Å². The Morgan fingerprint density at radius 2 is 2.16 bits per heavy atom. The van der Waals surface area contributed by atoms with Gasteiger partial charge in [0, 0.05) is 25.1 Å². The third-order valence-corrected chi connectivity index (χ3v) is 6.15. The van der Waals surface area contributed by atoms with Crippen LogP contribution in [0.1, 0.15) is 11.8 Å². The van der Waals surface area contributed by atoms with E-state index in [0.29, 0.717) is 11.5 Å². The molecule has 0 amide bonds. The summed E-state index contributed by atoms with van der Waals surface area (Å²) in [5.41, 5.74) is 0. The Kier molecular flexibility index (Phi) is 5.48. The van der Waals surface area contributed by atoms with Crippen molar-refractivity contribution in [3.8, 4) is 0 Å². The van der Waals surface area contributed by atoms with E-state index in [4.69, 9.17) is 9.84 Å². The molecule has 1 heterocycles. The summed E-state index contributed by atoms with van der Waals surface area (Å²) in [6.07, 6.45) is -0.169. The lowest BCUT2D eigenvalue weighted by Crippen LogP contribution is -2.37. The molecule has 1 rings (SSSR count). The van der Waals surface area contributed by atoms with Gasteiger partial charge in [0.05, 0.1) is 13.0 Å². The quantitative estimate of drug-likeness (QED) is 0.813. The topological polar surface area (TPSA) is 83.9 Å². The van der Waals surface area contributed by atoms with Crippen LogP contribution in [0.2, 0.25) is 0 Å². The van der Waals surface area contributed by atoms with Crippen molar-refractivity contribution in [3.63, 3.8) is 0 Å². The average Bonchev–Trinajstić information content (AvgIpc) is 2.76. The van der Waals surface area contributed by atoms with Crippen LogP contribution in [0.4, 0.5) is 0 Å². The molecule has 1 atom stereocenters. The highest BCUT2D eigenvalue weighted by molar-refractivity contribution is 7.91. The monoisotopic (exact) mass is 307 g/mol.